The van der Waals surface area contributed by atoms with Crippen molar-refractivity contribution in [3.05, 3.63) is 45.3 Å². The maximum Gasteiger partial charge on any atom is 0.330 e. The second kappa shape index (κ2) is 3.41. The molecule has 2 unspecified atom stereocenters. The van der Waals surface area contributed by atoms with Crippen LogP contribution >= 0.6 is 0 Å². The van der Waals surface area contributed by atoms with Crippen molar-refractivity contribution in [2.24, 2.45) is 0 Å². The van der Waals surface area contributed by atoms with Crippen molar-refractivity contribution >= 4 is 0 Å². The van der Waals surface area contributed by atoms with Crippen LogP contribution in [0.3, 0.4) is 0 Å². The molecule has 3 N–H and O–H groups in total. The number of nitrogens with one attached hydrogen (secondary N) is 1. The first-order chi connectivity index (χ1) is 8.45. The SMILES string of the molecule is C=C1[C@H](n2ccc(=O)[nH]c2=O)OC2(CC2O)[C@H]1O. The Morgan fingerprint density at radius 3 is 2.67 bits per heavy atom. The van der Waals surface area contributed by atoms with Crippen LogP contribution in [0.2, 0.25) is 0 Å². The van der Waals surface area contributed by atoms with Gasteiger partial charge in [0.1, 0.15) is 11.7 Å². The van der Waals surface area contributed by atoms with Crippen molar-refractivity contribution in [3.8, 4) is 0 Å². The average molecular weight is 252 g/mol. The minimum atomic E-state index is -1.04. The number of nitrogens with zero attached hydrogens (tertiary/aromatic N) is 1. The summed E-state index contributed by atoms with van der Waals surface area (Å²) in [6.07, 6.45) is -1.07. The van der Waals surface area contributed by atoms with Gasteiger partial charge in [-0.2, -0.15) is 0 Å². The van der Waals surface area contributed by atoms with E-state index in [9.17, 15) is 19.8 Å². The van der Waals surface area contributed by atoms with E-state index in [1.807, 2.05) is 0 Å². The molecule has 2 aliphatic rings. The third-order valence-corrected chi connectivity index (χ3v) is 3.48. The summed E-state index contributed by atoms with van der Waals surface area (Å²) >= 11 is 0. The van der Waals surface area contributed by atoms with Crippen LogP contribution < -0.4 is 11.2 Å². The van der Waals surface area contributed by atoms with Gasteiger partial charge in [0.25, 0.3) is 5.56 Å². The van der Waals surface area contributed by atoms with E-state index in [4.69, 9.17) is 4.74 Å². The van der Waals surface area contributed by atoms with Gasteiger partial charge < -0.3 is 14.9 Å². The van der Waals surface area contributed by atoms with Gasteiger partial charge in [-0.25, -0.2) is 4.79 Å². The van der Waals surface area contributed by atoms with Crippen molar-refractivity contribution in [3.63, 3.8) is 0 Å². The summed E-state index contributed by atoms with van der Waals surface area (Å²) < 4.78 is 6.68. The van der Waals surface area contributed by atoms with Crippen LogP contribution in [0.25, 0.3) is 0 Å². The van der Waals surface area contributed by atoms with Gasteiger partial charge in [-0.1, -0.05) is 6.58 Å². The highest BCUT2D eigenvalue weighted by atomic mass is 16.6. The molecule has 2 heterocycles. The van der Waals surface area contributed by atoms with Crippen molar-refractivity contribution in [1.82, 2.24) is 9.55 Å². The average Bonchev–Trinajstić information content (AvgIpc) is 2.90. The minimum Gasteiger partial charge on any atom is -0.390 e. The van der Waals surface area contributed by atoms with Crippen molar-refractivity contribution in [2.75, 3.05) is 0 Å². The second-order valence-corrected chi connectivity index (χ2v) is 4.64. The molecule has 3 rings (SSSR count). The maximum atomic E-state index is 11.6. The van der Waals surface area contributed by atoms with E-state index in [-0.39, 0.29) is 0 Å². The Morgan fingerprint density at radius 1 is 1.50 bits per heavy atom. The Morgan fingerprint density at radius 2 is 2.17 bits per heavy atom. The molecule has 7 heteroatoms. The summed E-state index contributed by atoms with van der Waals surface area (Å²) in [5, 5.41) is 19.5. The van der Waals surface area contributed by atoms with Crippen LogP contribution in [-0.2, 0) is 4.74 Å². The topological polar surface area (TPSA) is 105 Å². The summed E-state index contributed by atoms with van der Waals surface area (Å²) in [7, 11) is 0. The molecule has 0 amide bonds. The Hall–Kier alpha value is -1.70. The number of hydrogen-bond acceptors (Lipinski definition) is 5. The molecule has 1 saturated heterocycles. The van der Waals surface area contributed by atoms with E-state index < -0.39 is 35.3 Å². The van der Waals surface area contributed by atoms with Gasteiger partial charge in [-0.3, -0.25) is 14.3 Å². The van der Waals surface area contributed by atoms with E-state index in [1.54, 1.807) is 0 Å². The predicted molar refractivity (Wildman–Crippen MR) is 59.9 cm³/mol. The first-order valence-electron chi connectivity index (χ1n) is 5.50. The van der Waals surface area contributed by atoms with Gasteiger partial charge in [0, 0.05) is 24.3 Å². The first-order valence-corrected chi connectivity index (χ1v) is 5.50. The number of H-pyrrole nitrogens is 1. The standard InChI is InChI=1S/C11H12N2O5/c1-5-8(16)11(4-6(11)14)18-9(5)13-3-2-7(15)12-10(13)17/h2-3,6,8-9,14,16H,1,4H2,(H,12,15,17)/t6?,8-,9+,11?/m0/s1. The maximum absolute atomic E-state index is 11.6. The molecule has 1 aromatic rings. The van der Waals surface area contributed by atoms with Gasteiger partial charge in [0.05, 0.1) is 6.10 Å². The predicted octanol–water partition coefficient (Wildman–Crippen LogP) is -1.51. The lowest BCUT2D eigenvalue weighted by molar-refractivity contribution is -0.0597. The fourth-order valence-corrected chi connectivity index (χ4v) is 2.31. The fraction of sp³-hybridized carbons (Fsp3) is 0.455. The number of aliphatic hydroxyl groups is 2. The normalized spacial score (nSPS) is 38.3. The van der Waals surface area contributed by atoms with Gasteiger partial charge in [-0.15, -0.1) is 0 Å². The second-order valence-electron chi connectivity index (χ2n) is 4.64. The number of aliphatic hydroxyl groups excluding tert-OH is 2. The van der Waals surface area contributed by atoms with Crippen LogP contribution in [0.15, 0.2) is 34.0 Å². The van der Waals surface area contributed by atoms with Crippen molar-refractivity contribution in [2.45, 2.75) is 30.5 Å². The molecule has 1 aliphatic heterocycles. The number of aromatic amines is 1. The molecule has 0 bridgehead atoms. The van der Waals surface area contributed by atoms with Crippen LogP contribution in [0.4, 0.5) is 0 Å². The van der Waals surface area contributed by atoms with Crippen LogP contribution in [0.1, 0.15) is 12.6 Å². The largest absolute Gasteiger partial charge is 0.390 e. The highest BCUT2D eigenvalue weighted by Gasteiger charge is 2.67. The Bertz CT molecular complexity index is 633. The Balaban J connectivity index is 2.01. The minimum absolute atomic E-state index is 0.292. The summed E-state index contributed by atoms with van der Waals surface area (Å²) in [6, 6.07) is 1.18. The Kier molecular flexibility index (Phi) is 2.16. The van der Waals surface area contributed by atoms with Gasteiger partial charge in [-0.05, 0) is 0 Å². The zero-order chi connectivity index (χ0) is 13.1. The summed E-state index contributed by atoms with van der Waals surface area (Å²) in [6.45, 7) is 3.69. The number of ether oxygens (including phenoxy) is 1. The molecule has 96 valence electrons. The molecule has 18 heavy (non-hydrogen) atoms. The number of hydrogen-bond donors (Lipinski definition) is 3. The molecule has 1 saturated carbocycles. The summed E-state index contributed by atoms with van der Waals surface area (Å²) in [4.78, 5) is 24.7. The first kappa shape index (κ1) is 11.4. The molecule has 1 aliphatic carbocycles. The van der Waals surface area contributed by atoms with Crippen molar-refractivity contribution in [1.29, 1.82) is 0 Å². The Labute approximate surface area is 101 Å². The lowest BCUT2D eigenvalue weighted by atomic mass is 10.1. The lowest BCUT2D eigenvalue weighted by Crippen LogP contribution is -2.32. The molecule has 2 fully saturated rings. The monoisotopic (exact) mass is 252 g/mol. The van der Waals surface area contributed by atoms with E-state index in [2.05, 4.69) is 11.6 Å². The van der Waals surface area contributed by atoms with Gasteiger partial charge >= 0.3 is 5.69 Å². The van der Waals surface area contributed by atoms with E-state index in [1.165, 1.54) is 12.3 Å². The van der Waals surface area contributed by atoms with E-state index >= 15 is 0 Å². The lowest BCUT2D eigenvalue weighted by Gasteiger charge is -2.14. The van der Waals surface area contributed by atoms with E-state index in [0.717, 1.165) is 4.57 Å². The number of aromatic nitrogens is 2. The smallest absolute Gasteiger partial charge is 0.330 e. The van der Waals surface area contributed by atoms with Crippen LogP contribution in [-0.4, -0.2) is 37.6 Å². The molecule has 1 aromatic heterocycles. The molecular formula is C11H12N2O5. The zero-order valence-electron chi connectivity index (χ0n) is 9.37. The highest BCUT2D eigenvalue weighted by Crippen LogP contribution is 2.54. The fourth-order valence-electron chi connectivity index (χ4n) is 2.31. The van der Waals surface area contributed by atoms with Gasteiger partial charge in [0.15, 0.2) is 6.23 Å². The van der Waals surface area contributed by atoms with E-state index in [0.29, 0.717) is 12.0 Å². The molecule has 1 spiro atoms. The zero-order valence-corrected chi connectivity index (χ0v) is 9.37. The third-order valence-electron chi connectivity index (χ3n) is 3.48. The summed E-state index contributed by atoms with van der Waals surface area (Å²) in [5.74, 6) is 0. The molecular weight excluding hydrogens is 240 g/mol. The quantitative estimate of drug-likeness (QED) is 0.527. The summed E-state index contributed by atoms with van der Waals surface area (Å²) in [5.41, 5.74) is -1.91. The number of rotatable bonds is 1. The molecule has 4 atom stereocenters. The highest BCUT2D eigenvalue weighted by molar-refractivity contribution is 5.29. The third kappa shape index (κ3) is 1.35. The van der Waals surface area contributed by atoms with Crippen LogP contribution in [0.5, 0.6) is 0 Å². The van der Waals surface area contributed by atoms with Gasteiger partial charge in [0.2, 0.25) is 0 Å². The molecule has 0 aromatic carbocycles. The van der Waals surface area contributed by atoms with Crippen LogP contribution in [0, 0.1) is 0 Å². The molecule has 0 radical (unpaired) electrons. The van der Waals surface area contributed by atoms with Crippen molar-refractivity contribution < 1.29 is 14.9 Å². The molecule has 7 nitrogen and oxygen atoms in total.